The first-order chi connectivity index (χ1) is 12.9. The predicted molar refractivity (Wildman–Crippen MR) is 109 cm³/mol. The third kappa shape index (κ3) is 3.61. The Labute approximate surface area is 167 Å². The van der Waals surface area contributed by atoms with E-state index in [1.807, 2.05) is 13.8 Å². The number of rotatable bonds is 5. The Hall–Kier alpha value is -2.25. The third-order valence-electron chi connectivity index (χ3n) is 4.40. The van der Waals surface area contributed by atoms with Gasteiger partial charge in [0.15, 0.2) is 0 Å². The van der Waals surface area contributed by atoms with Crippen LogP contribution in [0.15, 0.2) is 69.0 Å². The van der Waals surface area contributed by atoms with Gasteiger partial charge in [-0.3, -0.25) is 9.78 Å². The third-order valence-corrected chi connectivity index (χ3v) is 6.80. The van der Waals surface area contributed by atoms with Gasteiger partial charge in [0.2, 0.25) is 9.84 Å². The number of pyridine rings is 1. The number of fused-ring (bicyclic) bond motifs is 1. The quantitative estimate of drug-likeness (QED) is 0.585. The number of sulfone groups is 1. The molecule has 0 N–H and O–H groups in total. The lowest BCUT2D eigenvalue weighted by Crippen LogP contribution is -2.31. The van der Waals surface area contributed by atoms with E-state index in [1.165, 1.54) is 18.3 Å². The van der Waals surface area contributed by atoms with Crippen molar-refractivity contribution in [3.05, 3.63) is 64.8 Å². The summed E-state index contributed by atoms with van der Waals surface area (Å²) in [5, 5.41) is 0.443. The number of hydrogen-bond donors (Lipinski definition) is 0. The van der Waals surface area contributed by atoms with E-state index >= 15 is 0 Å². The number of benzene rings is 2. The van der Waals surface area contributed by atoms with Gasteiger partial charge in [-0.05, 0) is 44.2 Å². The summed E-state index contributed by atoms with van der Waals surface area (Å²) in [4.78, 5) is 19.1. The highest BCUT2D eigenvalue weighted by Gasteiger charge is 2.29. The zero-order valence-electron chi connectivity index (χ0n) is 15.0. The molecule has 27 heavy (non-hydrogen) atoms. The Morgan fingerprint density at radius 3 is 2.30 bits per heavy atom. The largest absolute Gasteiger partial charge is 0.339 e. The topological polar surface area (TPSA) is 67.3 Å². The standard InChI is InChI=1S/C20H19BrN2O3S/c1-3-23(4-2)20(24)17-13-22-18-8-6-5-7-16(18)19(17)27(25,26)15-11-9-14(21)10-12-15/h5-13H,3-4H2,1-2H3. The lowest BCUT2D eigenvalue weighted by atomic mass is 10.1. The van der Waals surface area contributed by atoms with E-state index in [0.29, 0.717) is 24.0 Å². The van der Waals surface area contributed by atoms with Crippen molar-refractivity contribution in [2.45, 2.75) is 23.6 Å². The van der Waals surface area contributed by atoms with E-state index in [2.05, 4.69) is 20.9 Å². The lowest BCUT2D eigenvalue weighted by Gasteiger charge is -2.21. The molecule has 0 unspecified atom stereocenters. The van der Waals surface area contributed by atoms with Crippen molar-refractivity contribution >= 4 is 42.6 Å². The van der Waals surface area contributed by atoms with E-state index in [9.17, 15) is 13.2 Å². The van der Waals surface area contributed by atoms with E-state index in [4.69, 9.17) is 0 Å². The molecule has 0 aliphatic carbocycles. The van der Waals surface area contributed by atoms with Gasteiger partial charge in [0.05, 0.1) is 20.9 Å². The van der Waals surface area contributed by atoms with Crippen LogP contribution >= 0.6 is 15.9 Å². The molecule has 1 heterocycles. The molecule has 3 rings (SSSR count). The second-order valence-corrected chi connectivity index (χ2v) is 8.76. The highest BCUT2D eigenvalue weighted by molar-refractivity contribution is 9.10. The van der Waals surface area contributed by atoms with Crippen LogP contribution < -0.4 is 0 Å². The smallest absolute Gasteiger partial charge is 0.256 e. The van der Waals surface area contributed by atoms with Crippen LogP contribution in [-0.2, 0) is 9.84 Å². The van der Waals surface area contributed by atoms with Crippen LogP contribution in [0.2, 0.25) is 0 Å². The number of nitrogens with zero attached hydrogens (tertiary/aromatic N) is 2. The summed E-state index contributed by atoms with van der Waals surface area (Å²) >= 11 is 3.32. The highest BCUT2D eigenvalue weighted by Crippen LogP contribution is 2.31. The van der Waals surface area contributed by atoms with Crippen molar-refractivity contribution in [3.63, 3.8) is 0 Å². The summed E-state index contributed by atoms with van der Waals surface area (Å²) in [6.07, 6.45) is 1.37. The van der Waals surface area contributed by atoms with Gasteiger partial charge in [0.1, 0.15) is 0 Å². The maximum Gasteiger partial charge on any atom is 0.256 e. The second kappa shape index (κ2) is 7.78. The Morgan fingerprint density at radius 2 is 1.67 bits per heavy atom. The van der Waals surface area contributed by atoms with Crippen LogP contribution in [0.1, 0.15) is 24.2 Å². The van der Waals surface area contributed by atoms with Gasteiger partial charge in [0.25, 0.3) is 5.91 Å². The summed E-state index contributed by atoms with van der Waals surface area (Å²) < 4.78 is 27.7. The van der Waals surface area contributed by atoms with Crippen molar-refractivity contribution < 1.29 is 13.2 Å². The minimum atomic E-state index is -3.92. The number of carbonyl (C=O) groups excluding carboxylic acids is 1. The Kier molecular flexibility index (Phi) is 5.62. The normalized spacial score (nSPS) is 11.5. The molecular weight excluding hydrogens is 428 g/mol. The molecule has 0 bridgehead atoms. The summed E-state index contributed by atoms with van der Waals surface area (Å²) in [5.41, 5.74) is 0.629. The number of halogens is 1. The molecule has 0 fully saturated rings. The lowest BCUT2D eigenvalue weighted by molar-refractivity contribution is 0.0769. The molecule has 0 saturated carbocycles. The molecule has 0 aliphatic heterocycles. The van der Waals surface area contributed by atoms with Gasteiger partial charge in [-0.25, -0.2) is 8.42 Å². The van der Waals surface area contributed by atoms with Gasteiger partial charge in [-0.2, -0.15) is 0 Å². The first-order valence-electron chi connectivity index (χ1n) is 8.57. The van der Waals surface area contributed by atoms with Crippen LogP contribution in [0, 0.1) is 0 Å². The van der Waals surface area contributed by atoms with E-state index in [0.717, 1.165) is 4.47 Å². The number of carbonyl (C=O) groups is 1. The number of hydrogen-bond acceptors (Lipinski definition) is 4. The molecule has 0 saturated heterocycles. The average molecular weight is 447 g/mol. The fourth-order valence-electron chi connectivity index (χ4n) is 2.97. The monoisotopic (exact) mass is 446 g/mol. The molecule has 5 nitrogen and oxygen atoms in total. The average Bonchev–Trinajstić information content (AvgIpc) is 2.68. The second-order valence-electron chi connectivity index (χ2n) is 5.95. The van der Waals surface area contributed by atoms with Crippen LogP contribution in [0.3, 0.4) is 0 Å². The van der Waals surface area contributed by atoms with Crippen molar-refractivity contribution in [1.29, 1.82) is 0 Å². The molecule has 1 amide bonds. The zero-order valence-corrected chi connectivity index (χ0v) is 17.4. The minimum Gasteiger partial charge on any atom is -0.339 e. The van der Waals surface area contributed by atoms with E-state index < -0.39 is 9.84 Å². The summed E-state index contributed by atoms with van der Waals surface area (Å²) in [6.45, 7) is 4.69. The first kappa shape index (κ1) is 19.5. The highest BCUT2D eigenvalue weighted by atomic mass is 79.9. The molecule has 1 aromatic heterocycles. The van der Waals surface area contributed by atoms with Gasteiger partial charge in [-0.15, -0.1) is 0 Å². The summed E-state index contributed by atoms with van der Waals surface area (Å²) in [6, 6.07) is 13.4. The van der Waals surface area contributed by atoms with Gasteiger partial charge in [0, 0.05) is 29.1 Å². The zero-order chi connectivity index (χ0) is 19.6. The Bertz CT molecular complexity index is 1090. The van der Waals surface area contributed by atoms with Gasteiger partial charge >= 0.3 is 0 Å². The minimum absolute atomic E-state index is 0.00678. The predicted octanol–water partition coefficient (Wildman–Crippen LogP) is 4.31. The maximum atomic E-state index is 13.5. The van der Waals surface area contributed by atoms with Crippen LogP contribution in [0.4, 0.5) is 0 Å². The van der Waals surface area contributed by atoms with E-state index in [1.54, 1.807) is 41.3 Å². The number of para-hydroxylation sites is 1. The summed E-state index contributed by atoms with van der Waals surface area (Å²) in [7, 11) is -3.92. The summed E-state index contributed by atoms with van der Waals surface area (Å²) in [5.74, 6) is -0.339. The molecular formula is C20H19BrN2O3S. The van der Waals surface area contributed by atoms with Crippen LogP contribution in [0.5, 0.6) is 0 Å². The van der Waals surface area contributed by atoms with Crippen molar-refractivity contribution in [2.24, 2.45) is 0 Å². The van der Waals surface area contributed by atoms with Gasteiger partial charge < -0.3 is 4.90 Å². The maximum absolute atomic E-state index is 13.5. The molecule has 0 spiro atoms. The SMILES string of the molecule is CCN(CC)C(=O)c1cnc2ccccc2c1S(=O)(=O)c1ccc(Br)cc1. The van der Waals surface area contributed by atoms with Gasteiger partial charge in [-0.1, -0.05) is 34.1 Å². The molecule has 7 heteroatoms. The van der Waals surface area contributed by atoms with Crippen molar-refractivity contribution in [3.8, 4) is 0 Å². The van der Waals surface area contributed by atoms with Crippen LogP contribution in [-0.4, -0.2) is 37.3 Å². The molecule has 0 radical (unpaired) electrons. The fraction of sp³-hybridized carbons (Fsp3) is 0.200. The fourth-order valence-corrected chi connectivity index (χ4v) is 4.86. The molecule has 3 aromatic rings. The first-order valence-corrected chi connectivity index (χ1v) is 10.9. The molecule has 0 atom stereocenters. The van der Waals surface area contributed by atoms with Crippen LogP contribution in [0.25, 0.3) is 10.9 Å². The Morgan fingerprint density at radius 1 is 1.04 bits per heavy atom. The van der Waals surface area contributed by atoms with Crippen molar-refractivity contribution in [2.75, 3.05) is 13.1 Å². The number of amides is 1. The molecule has 140 valence electrons. The van der Waals surface area contributed by atoms with Crippen molar-refractivity contribution in [1.82, 2.24) is 9.88 Å². The number of aromatic nitrogens is 1. The molecule has 2 aromatic carbocycles. The van der Waals surface area contributed by atoms with E-state index in [-0.39, 0.29) is 21.3 Å². The molecule has 0 aliphatic rings. The Balaban J connectivity index is 2.33.